The quantitative estimate of drug-likeness (QED) is 0.247. The molecule has 0 aliphatic heterocycles. The molecule has 0 saturated heterocycles. The Kier molecular flexibility index (Phi) is 5.82. The van der Waals surface area contributed by atoms with Crippen LogP contribution in [0.5, 0.6) is 11.5 Å². The fraction of sp³-hybridized carbons (Fsp3) is 0.125. The third-order valence-electron chi connectivity index (χ3n) is 7.06. The average Bonchev–Trinajstić information content (AvgIpc) is 3.52. The Balaban J connectivity index is 1.56. The molecule has 2 atom stereocenters. The molecule has 3 heteroatoms. The molecule has 0 heterocycles. The number of fused-ring (bicyclic) bond motifs is 2. The summed E-state index contributed by atoms with van der Waals surface area (Å²) in [5, 5.41) is 0. The number of aryl methyl sites for hydroxylation is 2. The molecule has 2 nitrogen and oxygen atoms in total. The van der Waals surface area contributed by atoms with Crippen molar-refractivity contribution in [2.75, 3.05) is 0 Å². The van der Waals surface area contributed by atoms with Gasteiger partial charge >= 0.3 is 214 Å². The molecular weight excluding hydrogens is 508 g/mol. The maximum absolute atomic E-state index is 7.26. The van der Waals surface area contributed by atoms with Crippen molar-refractivity contribution < 1.29 is 26.8 Å². The van der Waals surface area contributed by atoms with Crippen molar-refractivity contribution in [1.82, 2.24) is 0 Å². The Bertz CT molecular complexity index is 1310. The van der Waals surface area contributed by atoms with Crippen molar-refractivity contribution in [1.29, 1.82) is 0 Å². The first-order valence-electron chi connectivity index (χ1n) is 12.2. The zero-order valence-electron chi connectivity index (χ0n) is 20.0. The van der Waals surface area contributed by atoms with Gasteiger partial charge in [0.25, 0.3) is 0 Å². The van der Waals surface area contributed by atoms with E-state index in [1.807, 2.05) is 0 Å². The minimum absolute atomic E-state index is 0.101. The van der Waals surface area contributed by atoms with Gasteiger partial charge in [-0.1, -0.05) is 0 Å². The van der Waals surface area contributed by atoms with E-state index in [0.717, 1.165) is 11.5 Å². The molecule has 2 unspecified atom stereocenters. The van der Waals surface area contributed by atoms with Crippen LogP contribution in [0.3, 0.4) is 0 Å². The summed E-state index contributed by atoms with van der Waals surface area (Å²) >= 11 is -4.19. The van der Waals surface area contributed by atoms with Crippen molar-refractivity contribution in [3.05, 3.63) is 143 Å². The Labute approximate surface area is 213 Å². The van der Waals surface area contributed by atoms with Crippen molar-refractivity contribution >= 4 is 12.2 Å². The van der Waals surface area contributed by atoms with Crippen LogP contribution in [0, 0.1) is 13.8 Å². The molecule has 2 aliphatic rings. The van der Waals surface area contributed by atoms with Gasteiger partial charge in [0.2, 0.25) is 0 Å². The average molecular weight is 536 g/mol. The number of hydrogen-bond acceptors (Lipinski definition) is 2. The summed E-state index contributed by atoms with van der Waals surface area (Å²) in [4.78, 5) is 0. The number of benzene rings is 4. The molecule has 0 bridgehead atoms. The van der Waals surface area contributed by atoms with E-state index in [-0.39, 0.29) is 7.25 Å². The van der Waals surface area contributed by atoms with Gasteiger partial charge in [0, 0.05) is 0 Å². The number of hydrogen-bond donors (Lipinski definition) is 0. The molecule has 0 N–H and O–H groups in total. The predicted molar refractivity (Wildman–Crippen MR) is 140 cm³/mol. The molecule has 0 aromatic heterocycles. The third-order valence-corrected chi connectivity index (χ3v) is 16.5. The van der Waals surface area contributed by atoms with Crippen LogP contribution in [0.1, 0.15) is 40.6 Å². The van der Waals surface area contributed by atoms with Crippen LogP contribution >= 0.6 is 0 Å². The zero-order valence-corrected chi connectivity index (χ0v) is 22.5. The van der Waals surface area contributed by atoms with E-state index in [1.54, 1.807) is 0 Å². The molecule has 0 radical (unpaired) electrons. The van der Waals surface area contributed by atoms with E-state index in [9.17, 15) is 0 Å². The monoisotopic (exact) mass is 534 g/mol. The SMILES string of the molecule is Cc1ccc([O][Zr]([O]c2ccc(C)cc2)([CH]2C=Cc3ccccc32)[CH]2C=Cc3ccccc32)cc1. The fourth-order valence-electron chi connectivity index (χ4n) is 5.25. The van der Waals surface area contributed by atoms with E-state index < -0.39 is 21.1 Å². The van der Waals surface area contributed by atoms with E-state index >= 15 is 0 Å². The van der Waals surface area contributed by atoms with E-state index in [0.29, 0.717) is 0 Å². The van der Waals surface area contributed by atoms with Gasteiger partial charge in [0.05, 0.1) is 0 Å². The summed E-state index contributed by atoms with van der Waals surface area (Å²) in [6.07, 6.45) is 9.15. The summed E-state index contributed by atoms with van der Waals surface area (Å²) in [5.41, 5.74) is 7.56. The molecule has 0 fully saturated rings. The van der Waals surface area contributed by atoms with Crippen LogP contribution in [0.25, 0.3) is 12.2 Å². The van der Waals surface area contributed by atoms with Gasteiger partial charge in [-0.05, 0) is 0 Å². The van der Waals surface area contributed by atoms with Crippen molar-refractivity contribution in [2.24, 2.45) is 0 Å². The Morgan fingerprint density at radius 3 is 1.34 bits per heavy atom. The molecule has 0 spiro atoms. The van der Waals surface area contributed by atoms with Gasteiger partial charge in [-0.2, -0.15) is 0 Å². The van der Waals surface area contributed by atoms with Gasteiger partial charge < -0.3 is 0 Å². The summed E-state index contributed by atoms with van der Waals surface area (Å²) < 4.78 is 14.7. The van der Waals surface area contributed by atoms with Gasteiger partial charge in [-0.25, -0.2) is 0 Å². The molecule has 4 aromatic carbocycles. The van der Waals surface area contributed by atoms with Crippen LogP contribution in [0.4, 0.5) is 0 Å². The Morgan fingerprint density at radius 1 is 0.514 bits per heavy atom. The summed E-state index contributed by atoms with van der Waals surface area (Å²) in [6.45, 7) is 4.21. The van der Waals surface area contributed by atoms with Crippen LogP contribution in [-0.4, -0.2) is 0 Å². The Morgan fingerprint density at radius 2 is 0.914 bits per heavy atom. The predicted octanol–water partition coefficient (Wildman–Crippen LogP) is 8.28. The normalized spacial score (nSPS) is 17.8. The molecule has 35 heavy (non-hydrogen) atoms. The second-order valence-corrected chi connectivity index (χ2v) is 17.1. The zero-order chi connectivity index (χ0) is 23.8. The fourth-order valence-corrected chi connectivity index (χ4v) is 15.2. The topological polar surface area (TPSA) is 18.5 Å². The van der Waals surface area contributed by atoms with Crippen LogP contribution in [0.15, 0.2) is 109 Å². The third kappa shape index (κ3) is 4.13. The second kappa shape index (κ2) is 9.13. The molecule has 0 amide bonds. The van der Waals surface area contributed by atoms with Crippen molar-refractivity contribution in [3.8, 4) is 11.5 Å². The van der Waals surface area contributed by atoms with E-state index in [1.165, 1.54) is 33.4 Å². The molecule has 6 rings (SSSR count). The Hall–Kier alpha value is -3.16. The van der Waals surface area contributed by atoms with Gasteiger partial charge in [-0.15, -0.1) is 0 Å². The molecule has 4 aromatic rings. The van der Waals surface area contributed by atoms with Crippen molar-refractivity contribution in [2.45, 2.75) is 21.1 Å². The van der Waals surface area contributed by atoms with E-state index in [2.05, 4.69) is 135 Å². The molecule has 172 valence electrons. The molecular formula is C32H28O2Zr. The minimum atomic E-state index is -4.19. The first-order chi connectivity index (χ1) is 17.1. The van der Waals surface area contributed by atoms with Crippen molar-refractivity contribution in [3.63, 3.8) is 0 Å². The van der Waals surface area contributed by atoms with Gasteiger partial charge in [0.15, 0.2) is 0 Å². The maximum atomic E-state index is 7.26. The van der Waals surface area contributed by atoms with Gasteiger partial charge in [-0.3, -0.25) is 0 Å². The molecule has 2 aliphatic carbocycles. The van der Waals surface area contributed by atoms with E-state index in [4.69, 9.17) is 5.63 Å². The van der Waals surface area contributed by atoms with Crippen LogP contribution in [-0.2, 0) is 21.1 Å². The number of allylic oxidation sites excluding steroid dienone is 2. The summed E-state index contributed by atoms with van der Waals surface area (Å²) in [5.74, 6) is 1.77. The standard InChI is InChI=1S/2C9H7.2C7H8O.Zr/c2*1-2-5-9-7-3-6-8(9)4-1;2*1-6-2-4-7(8)5-3-6;/h2*1-7H;2*2-5,8H,1H3;/q;;;;+2/p-2. The summed E-state index contributed by atoms with van der Waals surface area (Å²) in [7, 11) is 0. The second-order valence-electron chi connectivity index (χ2n) is 9.48. The first kappa shape index (κ1) is 22.3. The first-order valence-corrected chi connectivity index (χ1v) is 17.0. The van der Waals surface area contributed by atoms with Crippen LogP contribution in [0.2, 0.25) is 0 Å². The van der Waals surface area contributed by atoms with Crippen LogP contribution < -0.4 is 5.63 Å². The summed E-state index contributed by atoms with van der Waals surface area (Å²) in [6, 6.07) is 34.2. The molecule has 0 saturated carbocycles. The van der Waals surface area contributed by atoms with Gasteiger partial charge in [0.1, 0.15) is 0 Å². The number of rotatable bonds is 6.